The molecule has 17 heavy (non-hydrogen) atoms. The summed E-state index contributed by atoms with van der Waals surface area (Å²) in [5.41, 5.74) is 1.76. The lowest BCUT2D eigenvalue weighted by molar-refractivity contribution is 0.432. The Kier molecular flexibility index (Phi) is 5.50. The average molecular weight is 295 g/mol. The van der Waals surface area contributed by atoms with Crippen LogP contribution in [0.1, 0.15) is 19.4 Å². The Morgan fingerprint density at radius 1 is 1.35 bits per heavy atom. The summed E-state index contributed by atoms with van der Waals surface area (Å²) in [6.07, 6.45) is 0. The van der Waals surface area contributed by atoms with Gasteiger partial charge in [0.1, 0.15) is 6.07 Å². The Balaban J connectivity index is 2.83. The van der Waals surface area contributed by atoms with Crippen LogP contribution in [0.5, 0.6) is 0 Å². The van der Waals surface area contributed by atoms with Crippen LogP contribution >= 0.6 is 15.9 Å². The van der Waals surface area contributed by atoms with Gasteiger partial charge in [-0.2, -0.15) is 5.26 Å². The fourth-order valence-electron chi connectivity index (χ4n) is 1.79. The molecule has 92 valence electrons. The molecule has 0 aliphatic heterocycles. The maximum absolute atomic E-state index is 9.08. The van der Waals surface area contributed by atoms with Gasteiger partial charge in [0.15, 0.2) is 0 Å². The minimum Gasteiger partial charge on any atom is -0.373 e. The quantitative estimate of drug-likeness (QED) is 0.775. The average Bonchev–Trinajstić information content (AvgIpc) is 2.35. The number of hydrogen-bond acceptors (Lipinski definition) is 2. The van der Waals surface area contributed by atoms with Crippen LogP contribution in [-0.2, 0) is 0 Å². The molecule has 0 saturated carbocycles. The van der Waals surface area contributed by atoms with Crippen LogP contribution in [0, 0.1) is 23.2 Å². The monoisotopic (exact) mass is 294 g/mol. The van der Waals surface area contributed by atoms with Crippen LogP contribution in [0.4, 0.5) is 5.69 Å². The Labute approximate surface area is 112 Å². The van der Waals surface area contributed by atoms with E-state index < -0.39 is 0 Å². The molecule has 1 atom stereocenters. The Bertz CT molecular complexity index is 395. The van der Waals surface area contributed by atoms with Crippen molar-refractivity contribution in [2.24, 2.45) is 11.8 Å². The third-order valence-corrected chi connectivity index (χ3v) is 3.92. The zero-order valence-corrected chi connectivity index (χ0v) is 12.2. The van der Waals surface area contributed by atoms with Gasteiger partial charge < -0.3 is 4.90 Å². The molecule has 0 saturated heterocycles. The normalized spacial score (nSPS) is 12.2. The van der Waals surface area contributed by atoms with Crippen molar-refractivity contribution in [3.05, 3.63) is 29.8 Å². The molecule has 1 rings (SSSR count). The smallest absolute Gasteiger partial charge is 0.101 e. The lowest BCUT2D eigenvalue weighted by atomic mass is 9.97. The summed E-state index contributed by atoms with van der Waals surface area (Å²) in [6, 6.07) is 9.99. The zero-order chi connectivity index (χ0) is 12.8. The van der Waals surface area contributed by atoms with E-state index in [1.54, 1.807) is 0 Å². The van der Waals surface area contributed by atoms with Gasteiger partial charge in [0.25, 0.3) is 0 Å². The highest BCUT2D eigenvalue weighted by atomic mass is 79.9. The first-order valence-corrected chi connectivity index (χ1v) is 6.98. The minimum absolute atomic E-state index is 0.590. The predicted octanol–water partition coefficient (Wildman–Crippen LogP) is 3.66. The van der Waals surface area contributed by atoms with E-state index in [9.17, 15) is 0 Å². The lowest BCUT2D eigenvalue weighted by Gasteiger charge is -2.27. The van der Waals surface area contributed by atoms with Crippen LogP contribution in [-0.4, -0.2) is 18.9 Å². The summed E-state index contributed by atoms with van der Waals surface area (Å²) in [6.45, 7) is 5.42. The van der Waals surface area contributed by atoms with E-state index >= 15 is 0 Å². The molecule has 1 unspecified atom stereocenters. The number of alkyl halides is 1. The van der Waals surface area contributed by atoms with E-state index in [-0.39, 0.29) is 0 Å². The van der Waals surface area contributed by atoms with Gasteiger partial charge in [0, 0.05) is 18.9 Å². The van der Waals surface area contributed by atoms with Crippen LogP contribution in [0.2, 0.25) is 0 Å². The minimum atomic E-state index is 0.590. The van der Waals surface area contributed by atoms with Crippen molar-refractivity contribution in [3.63, 3.8) is 0 Å². The van der Waals surface area contributed by atoms with Gasteiger partial charge in [0.2, 0.25) is 0 Å². The van der Waals surface area contributed by atoms with Gasteiger partial charge in [-0.05, 0) is 24.0 Å². The SMILES string of the molecule is CC(C)C(CBr)CN(C)c1ccccc1C#N. The van der Waals surface area contributed by atoms with E-state index in [1.807, 2.05) is 31.3 Å². The predicted molar refractivity (Wildman–Crippen MR) is 76.5 cm³/mol. The summed E-state index contributed by atoms with van der Waals surface area (Å²) >= 11 is 3.56. The van der Waals surface area contributed by atoms with Crippen molar-refractivity contribution < 1.29 is 0 Å². The van der Waals surface area contributed by atoms with Gasteiger partial charge in [0.05, 0.1) is 11.3 Å². The third kappa shape index (κ3) is 3.74. The van der Waals surface area contributed by atoms with E-state index in [0.29, 0.717) is 11.8 Å². The summed E-state index contributed by atoms with van der Waals surface area (Å²) in [5, 5.41) is 10.1. The maximum Gasteiger partial charge on any atom is 0.101 e. The highest BCUT2D eigenvalue weighted by Gasteiger charge is 2.16. The standard InChI is InChI=1S/C14H19BrN2/c1-11(2)13(8-15)10-17(3)14-7-5-4-6-12(14)9-16/h4-7,11,13H,8,10H2,1-3H3. The van der Waals surface area contributed by atoms with Crippen molar-refractivity contribution in [3.8, 4) is 6.07 Å². The fourth-order valence-corrected chi connectivity index (χ4v) is 2.74. The molecule has 1 aromatic carbocycles. The first-order chi connectivity index (χ1) is 8.10. The number of hydrogen-bond donors (Lipinski definition) is 0. The third-order valence-electron chi connectivity index (χ3n) is 3.09. The van der Waals surface area contributed by atoms with E-state index in [1.165, 1.54) is 0 Å². The molecule has 0 bridgehead atoms. The molecule has 0 aromatic heterocycles. The summed E-state index contributed by atoms with van der Waals surface area (Å²) in [5.74, 6) is 1.22. The number of rotatable bonds is 5. The number of para-hydroxylation sites is 1. The number of nitrogens with zero attached hydrogens (tertiary/aromatic N) is 2. The topological polar surface area (TPSA) is 27.0 Å². The molecule has 0 amide bonds. The van der Waals surface area contributed by atoms with Gasteiger partial charge in [-0.3, -0.25) is 0 Å². The van der Waals surface area contributed by atoms with Crippen LogP contribution < -0.4 is 4.90 Å². The molecule has 0 fully saturated rings. The molecule has 0 spiro atoms. The Morgan fingerprint density at radius 2 is 2.00 bits per heavy atom. The molecule has 0 N–H and O–H groups in total. The summed E-state index contributed by atoms with van der Waals surface area (Å²) in [7, 11) is 2.05. The number of halogens is 1. The van der Waals surface area contributed by atoms with Gasteiger partial charge >= 0.3 is 0 Å². The molecule has 0 aliphatic rings. The molecule has 2 nitrogen and oxygen atoms in total. The molecule has 0 heterocycles. The second-order valence-corrected chi connectivity index (χ2v) is 5.32. The van der Waals surface area contributed by atoms with E-state index in [0.717, 1.165) is 23.1 Å². The van der Waals surface area contributed by atoms with Gasteiger partial charge in [-0.15, -0.1) is 0 Å². The maximum atomic E-state index is 9.08. The first-order valence-electron chi connectivity index (χ1n) is 5.86. The van der Waals surface area contributed by atoms with Crippen LogP contribution in [0.15, 0.2) is 24.3 Å². The Hall–Kier alpha value is -1.01. The van der Waals surface area contributed by atoms with E-state index in [2.05, 4.69) is 40.7 Å². The largest absolute Gasteiger partial charge is 0.373 e. The Morgan fingerprint density at radius 3 is 2.53 bits per heavy atom. The summed E-state index contributed by atoms with van der Waals surface area (Å²) in [4.78, 5) is 2.17. The molecular weight excluding hydrogens is 276 g/mol. The lowest BCUT2D eigenvalue weighted by Crippen LogP contribution is -2.29. The molecule has 3 heteroatoms. The first kappa shape index (κ1) is 14.1. The van der Waals surface area contributed by atoms with Gasteiger partial charge in [-0.1, -0.05) is 41.9 Å². The number of anilines is 1. The summed E-state index contributed by atoms with van der Waals surface area (Å²) < 4.78 is 0. The van der Waals surface area contributed by atoms with Crippen molar-refractivity contribution in [1.29, 1.82) is 5.26 Å². The molecule has 0 aliphatic carbocycles. The van der Waals surface area contributed by atoms with E-state index in [4.69, 9.17) is 5.26 Å². The van der Waals surface area contributed by atoms with Crippen LogP contribution in [0.3, 0.4) is 0 Å². The molecular formula is C14H19BrN2. The highest BCUT2D eigenvalue weighted by molar-refractivity contribution is 9.09. The molecule has 1 aromatic rings. The molecule has 0 radical (unpaired) electrons. The van der Waals surface area contributed by atoms with Crippen molar-refractivity contribution >= 4 is 21.6 Å². The van der Waals surface area contributed by atoms with Crippen molar-refractivity contribution in [2.75, 3.05) is 23.8 Å². The highest BCUT2D eigenvalue weighted by Crippen LogP contribution is 2.22. The van der Waals surface area contributed by atoms with Crippen molar-refractivity contribution in [1.82, 2.24) is 0 Å². The van der Waals surface area contributed by atoms with Crippen molar-refractivity contribution in [2.45, 2.75) is 13.8 Å². The second-order valence-electron chi connectivity index (χ2n) is 4.67. The fraction of sp³-hybridized carbons (Fsp3) is 0.500. The van der Waals surface area contributed by atoms with Gasteiger partial charge in [-0.25, -0.2) is 0 Å². The second kappa shape index (κ2) is 6.66. The zero-order valence-electron chi connectivity index (χ0n) is 10.7. The van der Waals surface area contributed by atoms with Crippen LogP contribution in [0.25, 0.3) is 0 Å². The number of nitriles is 1. The number of benzene rings is 1.